The highest BCUT2D eigenvalue weighted by molar-refractivity contribution is 7.99. The predicted molar refractivity (Wildman–Crippen MR) is 96.9 cm³/mol. The number of thioether (sulfide) groups is 1. The number of halogens is 2. The molecule has 1 aromatic rings. The predicted octanol–water partition coefficient (Wildman–Crippen LogP) is 4.55. The highest BCUT2D eigenvalue weighted by Crippen LogP contribution is 2.40. The zero-order valence-electron chi connectivity index (χ0n) is 12.9. The van der Waals surface area contributed by atoms with Crippen molar-refractivity contribution in [3.05, 3.63) is 33.3 Å². The molecule has 1 amide bonds. The quantitative estimate of drug-likeness (QED) is 0.296. The Hall–Kier alpha value is -1.17. The molecule has 7 heteroatoms. The summed E-state index contributed by atoms with van der Waals surface area (Å²) in [6, 6.07) is 3.21. The number of aliphatic hydroxyl groups excluding tert-OH is 1. The van der Waals surface area contributed by atoms with Crippen LogP contribution < -0.4 is 5.32 Å². The van der Waals surface area contributed by atoms with Gasteiger partial charge in [-0.1, -0.05) is 30.1 Å². The van der Waals surface area contributed by atoms with Gasteiger partial charge in [-0.2, -0.15) is 0 Å². The molecule has 3 N–H and O–H groups in total. The van der Waals surface area contributed by atoms with Gasteiger partial charge in [-0.3, -0.25) is 4.79 Å². The van der Waals surface area contributed by atoms with Crippen LogP contribution in [0.1, 0.15) is 25.3 Å². The Bertz CT molecular complexity index is 685. The molecule has 0 aliphatic heterocycles. The van der Waals surface area contributed by atoms with E-state index < -0.39 is 5.91 Å². The summed E-state index contributed by atoms with van der Waals surface area (Å²) in [5.41, 5.74) is 0.445. The van der Waals surface area contributed by atoms with Crippen LogP contribution in [-0.2, 0) is 4.79 Å². The van der Waals surface area contributed by atoms with Gasteiger partial charge in [-0.25, -0.2) is 0 Å². The van der Waals surface area contributed by atoms with Gasteiger partial charge in [0.15, 0.2) is 0 Å². The fraction of sp³-hybridized carbons (Fsp3) is 0.375. The molecule has 0 spiro atoms. The van der Waals surface area contributed by atoms with Crippen LogP contribution in [0, 0.1) is 11.3 Å². The van der Waals surface area contributed by atoms with Crippen LogP contribution in [0.3, 0.4) is 0 Å². The van der Waals surface area contributed by atoms with E-state index in [1.807, 2.05) is 6.92 Å². The Morgan fingerprint density at radius 3 is 2.61 bits per heavy atom. The van der Waals surface area contributed by atoms with Crippen molar-refractivity contribution in [2.75, 3.05) is 12.8 Å². The van der Waals surface area contributed by atoms with Crippen molar-refractivity contribution in [2.45, 2.75) is 24.7 Å². The summed E-state index contributed by atoms with van der Waals surface area (Å²) in [7, 11) is 1.47. The monoisotopic (exact) mass is 372 g/mol. The van der Waals surface area contributed by atoms with E-state index in [9.17, 15) is 9.90 Å². The van der Waals surface area contributed by atoms with Crippen LogP contribution >= 0.6 is 35.0 Å². The normalized spacial score (nSPS) is 15.1. The molecule has 1 aliphatic carbocycles. The number of rotatable bonds is 6. The zero-order chi connectivity index (χ0) is 17.1. The van der Waals surface area contributed by atoms with E-state index >= 15 is 0 Å². The summed E-state index contributed by atoms with van der Waals surface area (Å²) in [5, 5.41) is 22.1. The van der Waals surface area contributed by atoms with Crippen molar-refractivity contribution in [1.29, 1.82) is 5.41 Å². The Labute approximate surface area is 149 Å². The Morgan fingerprint density at radius 2 is 2.09 bits per heavy atom. The highest BCUT2D eigenvalue weighted by atomic mass is 35.5. The molecule has 1 aliphatic rings. The van der Waals surface area contributed by atoms with Gasteiger partial charge < -0.3 is 15.8 Å². The second-order valence-corrected chi connectivity index (χ2v) is 7.22. The average molecular weight is 373 g/mol. The summed E-state index contributed by atoms with van der Waals surface area (Å²) < 4.78 is 0. The van der Waals surface area contributed by atoms with Crippen molar-refractivity contribution in [3.8, 4) is 0 Å². The molecule has 1 saturated carbocycles. The maximum atomic E-state index is 12.1. The summed E-state index contributed by atoms with van der Waals surface area (Å²) in [5.74, 6) is 0.0316. The number of nitrogens with one attached hydrogen (secondary N) is 2. The second kappa shape index (κ2) is 7.60. The number of aliphatic hydroxyl groups is 1. The minimum absolute atomic E-state index is 0.0216. The largest absolute Gasteiger partial charge is 0.506 e. The number of benzene rings is 1. The molecular weight excluding hydrogens is 355 g/mol. The third-order valence-electron chi connectivity index (χ3n) is 3.54. The minimum Gasteiger partial charge on any atom is -0.506 e. The van der Waals surface area contributed by atoms with Crippen molar-refractivity contribution < 1.29 is 9.90 Å². The van der Waals surface area contributed by atoms with E-state index in [2.05, 4.69) is 5.32 Å². The van der Waals surface area contributed by atoms with Gasteiger partial charge in [-0.05, 0) is 30.7 Å². The number of amides is 1. The molecule has 0 bridgehead atoms. The number of carbonyl (C=O) groups excluding carboxylic acids is 1. The second-order valence-electron chi connectivity index (χ2n) is 5.16. The average Bonchev–Trinajstić information content (AvgIpc) is 3.36. The lowest BCUT2D eigenvalue weighted by Crippen LogP contribution is -2.26. The Balaban J connectivity index is 2.58. The van der Waals surface area contributed by atoms with E-state index in [1.54, 1.807) is 12.1 Å². The van der Waals surface area contributed by atoms with Gasteiger partial charge in [0.1, 0.15) is 11.3 Å². The molecule has 0 saturated heterocycles. The first-order valence-corrected chi connectivity index (χ1v) is 9.01. The summed E-state index contributed by atoms with van der Waals surface area (Å²) >= 11 is 14.0. The van der Waals surface area contributed by atoms with Gasteiger partial charge in [0.05, 0.1) is 15.8 Å². The van der Waals surface area contributed by atoms with E-state index in [4.69, 9.17) is 28.6 Å². The van der Waals surface area contributed by atoms with Crippen LogP contribution in [0.5, 0.6) is 0 Å². The molecule has 1 fully saturated rings. The maximum Gasteiger partial charge on any atom is 0.256 e. The van der Waals surface area contributed by atoms with Crippen LogP contribution in [0.15, 0.2) is 22.6 Å². The number of likely N-dealkylation sites (N-methyl/N-ethyl adjacent to an activating group) is 1. The van der Waals surface area contributed by atoms with Crippen LogP contribution in [0.25, 0.3) is 5.76 Å². The van der Waals surface area contributed by atoms with Gasteiger partial charge in [0.25, 0.3) is 5.91 Å². The summed E-state index contributed by atoms with van der Waals surface area (Å²) in [6.45, 7) is 1.97. The molecule has 0 aromatic heterocycles. The first-order valence-electron chi connectivity index (χ1n) is 7.27. The fourth-order valence-electron chi connectivity index (χ4n) is 2.19. The van der Waals surface area contributed by atoms with E-state index in [-0.39, 0.29) is 23.0 Å². The van der Waals surface area contributed by atoms with Gasteiger partial charge >= 0.3 is 0 Å². The maximum absolute atomic E-state index is 12.1. The molecule has 23 heavy (non-hydrogen) atoms. The zero-order valence-corrected chi connectivity index (χ0v) is 15.2. The van der Waals surface area contributed by atoms with Crippen molar-refractivity contribution in [1.82, 2.24) is 5.32 Å². The first kappa shape index (κ1) is 18.2. The smallest absolute Gasteiger partial charge is 0.256 e. The molecule has 2 rings (SSSR count). The lowest BCUT2D eigenvalue weighted by atomic mass is 10.0. The van der Waals surface area contributed by atoms with Crippen LogP contribution in [0.4, 0.5) is 0 Å². The highest BCUT2D eigenvalue weighted by Gasteiger charge is 2.33. The Morgan fingerprint density at radius 1 is 1.43 bits per heavy atom. The summed E-state index contributed by atoms with van der Waals surface area (Å²) in [6.07, 6.45) is 1.72. The molecule has 124 valence electrons. The van der Waals surface area contributed by atoms with Crippen LogP contribution in [-0.4, -0.2) is 29.5 Å². The number of hydrogen-bond donors (Lipinski definition) is 3. The molecule has 0 radical (unpaired) electrons. The minimum atomic E-state index is -0.491. The molecule has 0 atom stereocenters. The van der Waals surface area contributed by atoms with E-state index in [0.717, 1.165) is 18.6 Å². The molecule has 1 aromatic carbocycles. The van der Waals surface area contributed by atoms with Crippen molar-refractivity contribution in [2.24, 2.45) is 5.92 Å². The van der Waals surface area contributed by atoms with Crippen LogP contribution in [0.2, 0.25) is 10.0 Å². The lowest BCUT2D eigenvalue weighted by Gasteiger charge is -2.14. The third-order valence-corrected chi connectivity index (χ3v) is 5.47. The summed E-state index contributed by atoms with van der Waals surface area (Å²) in [4.78, 5) is 12.8. The lowest BCUT2D eigenvalue weighted by molar-refractivity contribution is -0.116. The third kappa shape index (κ3) is 3.84. The van der Waals surface area contributed by atoms with E-state index in [1.165, 1.54) is 18.8 Å². The number of carbonyl (C=O) groups is 1. The van der Waals surface area contributed by atoms with Crippen molar-refractivity contribution in [3.63, 3.8) is 0 Å². The number of hydrogen-bond acceptors (Lipinski definition) is 4. The van der Waals surface area contributed by atoms with Crippen molar-refractivity contribution >= 4 is 52.3 Å². The topological polar surface area (TPSA) is 73.2 Å². The van der Waals surface area contributed by atoms with E-state index in [0.29, 0.717) is 20.5 Å². The van der Waals surface area contributed by atoms with Gasteiger partial charge in [-0.15, -0.1) is 11.8 Å². The SMILES string of the molecule is CCSc1c(Cl)ccc(C(O)=C(C(=N)C2CC2)C(=O)NC)c1Cl. The Kier molecular flexibility index (Phi) is 6.00. The van der Waals surface area contributed by atoms with Gasteiger partial charge in [0, 0.05) is 23.4 Å². The standard InChI is InChI=1S/C16H18Cl2N2O2S/c1-3-23-15-10(17)7-6-9(12(15)18)14(21)11(16(22)20-2)13(19)8-4-5-8/h6-8,19,21H,3-5H2,1-2H3,(H,20,22). The first-order chi connectivity index (χ1) is 10.9. The van der Waals surface area contributed by atoms with Gasteiger partial charge in [0.2, 0.25) is 0 Å². The molecule has 4 nitrogen and oxygen atoms in total. The fourth-order valence-corrected chi connectivity index (χ4v) is 3.70. The molecule has 0 unspecified atom stereocenters. The molecular formula is C16H18Cl2N2O2S. The molecule has 0 heterocycles.